The molecule has 0 aliphatic heterocycles. The molecule has 0 fully saturated rings. The lowest BCUT2D eigenvalue weighted by Gasteiger charge is -2.17. The van der Waals surface area contributed by atoms with Crippen molar-refractivity contribution in [3.8, 4) is 5.75 Å². The Balaban J connectivity index is 1.86. The maximum atomic E-state index is 12.7. The number of amides is 1. The Kier molecular flexibility index (Phi) is 3.94. The summed E-state index contributed by atoms with van der Waals surface area (Å²) < 4.78 is 0. The number of hydrogen-bond donors (Lipinski definition) is 2. The molecular weight excluding hydrogens is 292 g/mol. The molecule has 1 amide bonds. The van der Waals surface area contributed by atoms with Gasteiger partial charge in [-0.3, -0.25) is 9.59 Å². The zero-order valence-electron chi connectivity index (χ0n) is 13.3. The lowest BCUT2D eigenvalue weighted by molar-refractivity contribution is 0.0778. The van der Waals surface area contributed by atoms with Crippen molar-refractivity contribution < 1.29 is 14.7 Å². The van der Waals surface area contributed by atoms with Gasteiger partial charge in [0.25, 0.3) is 5.91 Å². The maximum absolute atomic E-state index is 12.7. The van der Waals surface area contributed by atoms with Gasteiger partial charge in [0.15, 0.2) is 5.78 Å². The number of fused-ring (bicyclic) bond motifs is 1. The Hall–Kier alpha value is -2.56. The van der Waals surface area contributed by atoms with Crippen LogP contribution in [-0.4, -0.2) is 33.7 Å². The number of nitrogens with zero attached hydrogens (tertiary/aromatic N) is 1. The van der Waals surface area contributed by atoms with Crippen LogP contribution in [0.2, 0.25) is 0 Å². The number of para-hydroxylation sites is 1. The van der Waals surface area contributed by atoms with Crippen LogP contribution >= 0.6 is 0 Å². The first-order chi connectivity index (χ1) is 11.0. The lowest BCUT2D eigenvalue weighted by atomic mass is 9.94. The number of aryl methyl sites for hydroxylation is 1. The summed E-state index contributed by atoms with van der Waals surface area (Å²) in [7, 11) is 1.69. The van der Waals surface area contributed by atoms with E-state index in [4.69, 9.17) is 0 Å². The average Bonchev–Trinajstić information content (AvgIpc) is 2.87. The molecule has 0 saturated carbocycles. The second kappa shape index (κ2) is 5.91. The molecule has 120 valence electrons. The molecule has 1 aromatic heterocycles. The van der Waals surface area contributed by atoms with Crippen molar-refractivity contribution in [2.24, 2.45) is 0 Å². The Bertz CT molecular complexity index is 777. The molecule has 23 heavy (non-hydrogen) atoms. The number of nitrogens with one attached hydrogen (secondary N) is 1. The predicted molar refractivity (Wildman–Crippen MR) is 86.7 cm³/mol. The molecule has 0 saturated heterocycles. The van der Waals surface area contributed by atoms with E-state index in [1.165, 1.54) is 0 Å². The summed E-state index contributed by atoms with van der Waals surface area (Å²) in [5, 5.41) is 9.84. The number of hydrogen-bond acceptors (Lipinski definition) is 3. The summed E-state index contributed by atoms with van der Waals surface area (Å²) in [5.41, 5.74) is 3.46. The van der Waals surface area contributed by atoms with Crippen LogP contribution in [0.15, 0.2) is 24.3 Å². The van der Waals surface area contributed by atoms with Crippen LogP contribution in [0.3, 0.4) is 0 Å². The summed E-state index contributed by atoms with van der Waals surface area (Å²) in [6.07, 6.45) is 2.18. The monoisotopic (exact) mass is 312 g/mol. The van der Waals surface area contributed by atoms with E-state index >= 15 is 0 Å². The van der Waals surface area contributed by atoms with Gasteiger partial charge in [-0.2, -0.15) is 0 Å². The number of aromatic amines is 1. The van der Waals surface area contributed by atoms with Crippen LogP contribution in [0.5, 0.6) is 5.75 Å². The fourth-order valence-electron chi connectivity index (χ4n) is 3.15. The molecule has 0 bridgehead atoms. The van der Waals surface area contributed by atoms with E-state index in [1.54, 1.807) is 30.1 Å². The molecular formula is C18H20N2O3. The number of rotatable bonds is 3. The summed E-state index contributed by atoms with van der Waals surface area (Å²) >= 11 is 0. The summed E-state index contributed by atoms with van der Waals surface area (Å²) in [4.78, 5) is 29.5. The zero-order valence-corrected chi connectivity index (χ0v) is 13.3. The minimum atomic E-state index is -0.173. The van der Waals surface area contributed by atoms with Gasteiger partial charge in [-0.1, -0.05) is 18.2 Å². The number of phenolic OH excluding ortho intramolecular Hbond substituents is 1. The first-order valence-electron chi connectivity index (χ1n) is 7.76. The molecule has 2 aromatic rings. The molecule has 1 aliphatic rings. The molecule has 0 unspecified atom stereocenters. The van der Waals surface area contributed by atoms with Crippen molar-refractivity contribution in [1.82, 2.24) is 9.88 Å². The molecule has 3 rings (SSSR count). The molecule has 1 aromatic carbocycles. The highest BCUT2D eigenvalue weighted by atomic mass is 16.3. The number of phenols is 1. The first kappa shape index (κ1) is 15.3. The molecule has 1 heterocycles. The average molecular weight is 312 g/mol. The fourth-order valence-corrected chi connectivity index (χ4v) is 3.15. The molecule has 2 N–H and O–H groups in total. The number of aromatic nitrogens is 1. The van der Waals surface area contributed by atoms with Crippen molar-refractivity contribution in [2.45, 2.75) is 32.7 Å². The van der Waals surface area contributed by atoms with Crippen molar-refractivity contribution in [3.05, 3.63) is 52.3 Å². The summed E-state index contributed by atoms with van der Waals surface area (Å²) in [6, 6.07) is 6.96. The van der Waals surface area contributed by atoms with Gasteiger partial charge in [-0.15, -0.1) is 0 Å². The SMILES string of the molecule is Cc1c(C(=O)N(C)Cc2ccccc2O)[nH]c2c1C(=O)CCC2. The van der Waals surface area contributed by atoms with Crippen LogP contribution in [0.25, 0.3) is 0 Å². The Morgan fingerprint density at radius 1 is 1.30 bits per heavy atom. The van der Waals surface area contributed by atoms with Gasteiger partial charge >= 0.3 is 0 Å². The third-order valence-electron chi connectivity index (χ3n) is 4.40. The van der Waals surface area contributed by atoms with E-state index in [0.717, 1.165) is 24.1 Å². The van der Waals surface area contributed by atoms with Crippen LogP contribution in [-0.2, 0) is 13.0 Å². The van der Waals surface area contributed by atoms with Crippen LogP contribution in [0.4, 0.5) is 0 Å². The molecule has 0 spiro atoms. The van der Waals surface area contributed by atoms with E-state index in [-0.39, 0.29) is 17.4 Å². The minimum absolute atomic E-state index is 0.113. The normalized spacial score (nSPS) is 13.7. The first-order valence-corrected chi connectivity index (χ1v) is 7.76. The predicted octanol–water partition coefficient (Wildman–Crippen LogP) is 2.82. The number of H-pyrrole nitrogens is 1. The van der Waals surface area contributed by atoms with Gasteiger partial charge in [-0.05, 0) is 31.4 Å². The Labute approximate surface area is 134 Å². The highest BCUT2D eigenvalue weighted by Crippen LogP contribution is 2.27. The number of benzene rings is 1. The van der Waals surface area contributed by atoms with Gasteiger partial charge in [0.1, 0.15) is 11.4 Å². The number of carbonyl (C=O) groups excluding carboxylic acids is 2. The largest absolute Gasteiger partial charge is 0.508 e. The van der Waals surface area contributed by atoms with Gasteiger partial charge in [0.2, 0.25) is 0 Å². The number of aromatic hydroxyl groups is 1. The quantitative estimate of drug-likeness (QED) is 0.915. The standard InChI is InChI=1S/C18H20N2O3/c1-11-16-13(7-5-9-15(16)22)19-17(11)18(23)20(2)10-12-6-3-4-8-14(12)21/h3-4,6,8,19,21H,5,7,9-10H2,1-2H3. The zero-order chi connectivity index (χ0) is 16.6. The van der Waals surface area contributed by atoms with Crippen molar-refractivity contribution >= 4 is 11.7 Å². The molecule has 5 nitrogen and oxygen atoms in total. The second-order valence-electron chi connectivity index (χ2n) is 6.05. The Morgan fingerprint density at radius 2 is 2.04 bits per heavy atom. The van der Waals surface area contributed by atoms with Gasteiger partial charge in [-0.25, -0.2) is 0 Å². The molecule has 5 heteroatoms. The maximum Gasteiger partial charge on any atom is 0.270 e. The van der Waals surface area contributed by atoms with E-state index in [2.05, 4.69) is 4.98 Å². The van der Waals surface area contributed by atoms with E-state index < -0.39 is 0 Å². The second-order valence-corrected chi connectivity index (χ2v) is 6.05. The smallest absolute Gasteiger partial charge is 0.270 e. The van der Waals surface area contributed by atoms with Crippen molar-refractivity contribution in [2.75, 3.05) is 7.05 Å². The van der Waals surface area contributed by atoms with Gasteiger partial charge in [0.05, 0.1) is 0 Å². The fraction of sp³-hybridized carbons (Fsp3) is 0.333. The number of Topliss-reactive ketones (excluding diaryl/α,β-unsaturated/α-hetero) is 1. The van der Waals surface area contributed by atoms with E-state index in [0.29, 0.717) is 29.8 Å². The van der Waals surface area contributed by atoms with E-state index in [9.17, 15) is 14.7 Å². The molecule has 0 radical (unpaired) electrons. The summed E-state index contributed by atoms with van der Waals surface area (Å²) in [6.45, 7) is 2.13. The summed E-state index contributed by atoms with van der Waals surface area (Å²) in [5.74, 6) is 0.111. The third-order valence-corrected chi connectivity index (χ3v) is 4.40. The molecule has 1 aliphatic carbocycles. The van der Waals surface area contributed by atoms with Crippen molar-refractivity contribution in [3.63, 3.8) is 0 Å². The Morgan fingerprint density at radius 3 is 2.74 bits per heavy atom. The van der Waals surface area contributed by atoms with Crippen LogP contribution < -0.4 is 0 Å². The lowest BCUT2D eigenvalue weighted by Crippen LogP contribution is -2.27. The van der Waals surface area contributed by atoms with Crippen LogP contribution in [0.1, 0.15) is 50.5 Å². The van der Waals surface area contributed by atoms with Crippen molar-refractivity contribution in [1.29, 1.82) is 0 Å². The highest BCUT2D eigenvalue weighted by Gasteiger charge is 2.27. The van der Waals surface area contributed by atoms with E-state index in [1.807, 2.05) is 13.0 Å². The highest BCUT2D eigenvalue weighted by molar-refractivity contribution is 6.04. The minimum Gasteiger partial charge on any atom is -0.508 e. The van der Waals surface area contributed by atoms with Gasteiger partial charge < -0.3 is 15.0 Å². The number of carbonyl (C=O) groups is 2. The van der Waals surface area contributed by atoms with Gasteiger partial charge in [0, 0.05) is 36.8 Å². The molecule has 0 atom stereocenters. The topological polar surface area (TPSA) is 73.4 Å². The van der Waals surface area contributed by atoms with Crippen LogP contribution in [0, 0.1) is 6.92 Å². The third kappa shape index (κ3) is 2.74. The number of ketones is 1.